The van der Waals surface area contributed by atoms with Crippen LogP contribution in [-0.4, -0.2) is 31.7 Å². The number of hydrogen-bond acceptors (Lipinski definition) is 4. The number of rotatable bonds is 4. The minimum absolute atomic E-state index is 0.234. The fourth-order valence-corrected chi connectivity index (χ4v) is 2.55. The van der Waals surface area contributed by atoms with Crippen molar-refractivity contribution in [2.24, 2.45) is 4.99 Å². The number of aliphatic imine (C=N–C) groups is 1. The normalized spacial score (nSPS) is 16.2. The third-order valence-electron chi connectivity index (χ3n) is 3.71. The molecule has 22 heavy (non-hydrogen) atoms. The molecule has 1 aliphatic rings. The number of nitrogens with zero attached hydrogens (tertiary/aromatic N) is 1. The van der Waals surface area contributed by atoms with E-state index >= 15 is 0 Å². The van der Waals surface area contributed by atoms with E-state index in [1.54, 1.807) is 31.4 Å². The van der Waals surface area contributed by atoms with Crippen LogP contribution in [-0.2, 0) is 4.74 Å². The van der Waals surface area contributed by atoms with Crippen molar-refractivity contribution >= 4 is 11.9 Å². The Kier molecular flexibility index (Phi) is 6.25. The summed E-state index contributed by atoms with van der Waals surface area (Å²) in [6.07, 6.45) is 5.78. The van der Waals surface area contributed by atoms with Crippen molar-refractivity contribution in [3.8, 4) is 5.75 Å². The van der Waals surface area contributed by atoms with Gasteiger partial charge in [-0.05, 0) is 38.0 Å². The van der Waals surface area contributed by atoms with Gasteiger partial charge in [-0.25, -0.2) is 4.99 Å². The van der Waals surface area contributed by atoms with E-state index in [0.717, 1.165) is 12.8 Å². The fourth-order valence-electron chi connectivity index (χ4n) is 2.55. The van der Waals surface area contributed by atoms with Gasteiger partial charge in [0.15, 0.2) is 0 Å². The van der Waals surface area contributed by atoms with Crippen LogP contribution in [0.15, 0.2) is 29.3 Å². The van der Waals surface area contributed by atoms with E-state index in [1.807, 2.05) is 6.92 Å². The maximum atomic E-state index is 12.3. The van der Waals surface area contributed by atoms with Gasteiger partial charge in [-0.2, -0.15) is 0 Å². The van der Waals surface area contributed by atoms with Gasteiger partial charge in [-0.3, -0.25) is 10.1 Å². The van der Waals surface area contributed by atoms with E-state index in [2.05, 4.69) is 10.3 Å². The molecule has 2 rings (SSSR count). The molecule has 1 amide bonds. The number of methoxy groups -OCH3 is 1. The summed E-state index contributed by atoms with van der Waals surface area (Å²) in [5.74, 6) is 0.414. The number of amides is 1. The lowest BCUT2D eigenvalue weighted by Crippen LogP contribution is -2.34. The monoisotopic (exact) mass is 304 g/mol. The van der Waals surface area contributed by atoms with Gasteiger partial charge in [0.05, 0.1) is 19.8 Å². The zero-order valence-corrected chi connectivity index (χ0v) is 13.3. The third-order valence-corrected chi connectivity index (χ3v) is 3.71. The fraction of sp³-hybridized carbons (Fsp3) is 0.529. The third kappa shape index (κ3) is 4.76. The first-order chi connectivity index (χ1) is 10.7. The highest BCUT2D eigenvalue weighted by atomic mass is 16.5. The maximum absolute atomic E-state index is 12.3. The van der Waals surface area contributed by atoms with Gasteiger partial charge < -0.3 is 9.47 Å². The molecule has 0 saturated heterocycles. The highest BCUT2D eigenvalue weighted by Crippen LogP contribution is 2.20. The molecule has 5 heteroatoms. The quantitative estimate of drug-likeness (QED) is 0.686. The number of benzene rings is 1. The van der Waals surface area contributed by atoms with Crippen LogP contribution in [0, 0.1) is 0 Å². The second kappa shape index (κ2) is 8.41. The van der Waals surface area contributed by atoms with Gasteiger partial charge in [0.25, 0.3) is 11.9 Å². The van der Waals surface area contributed by atoms with Crippen LogP contribution in [0.2, 0.25) is 0 Å². The van der Waals surface area contributed by atoms with Gasteiger partial charge in [0.2, 0.25) is 0 Å². The van der Waals surface area contributed by atoms with E-state index < -0.39 is 0 Å². The first-order valence-electron chi connectivity index (χ1n) is 7.89. The van der Waals surface area contributed by atoms with Crippen LogP contribution in [0.4, 0.5) is 0 Å². The van der Waals surface area contributed by atoms with Crippen molar-refractivity contribution < 1.29 is 14.3 Å². The molecule has 1 fully saturated rings. The number of hydrogen-bond donors (Lipinski definition) is 1. The van der Waals surface area contributed by atoms with Crippen LogP contribution in [0.5, 0.6) is 5.75 Å². The molecule has 0 heterocycles. The molecule has 0 aromatic heterocycles. The average molecular weight is 304 g/mol. The predicted molar refractivity (Wildman–Crippen MR) is 86.4 cm³/mol. The van der Waals surface area contributed by atoms with Crippen molar-refractivity contribution in [3.05, 3.63) is 29.8 Å². The zero-order chi connectivity index (χ0) is 15.8. The Morgan fingerprint density at radius 3 is 2.77 bits per heavy atom. The molecule has 1 N–H and O–H groups in total. The Labute approximate surface area is 131 Å². The zero-order valence-electron chi connectivity index (χ0n) is 13.3. The molecule has 1 aromatic carbocycles. The summed E-state index contributed by atoms with van der Waals surface area (Å²) in [5, 5.41) is 2.77. The maximum Gasteiger partial charge on any atom is 0.291 e. The Morgan fingerprint density at radius 1 is 1.32 bits per heavy atom. The van der Waals surface area contributed by atoms with Crippen LogP contribution >= 0.6 is 0 Å². The summed E-state index contributed by atoms with van der Waals surface area (Å²) in [4.78, 5) is 16.9. The number of ether oxygens (including phenoxy) is 2. The molecule has 120 valence electrons. The van der Waals surface area contributed by atoms with E-state index in [-0.39, 0.29) is 11.9 Å². The summed E-state index contributed by atoms with van der Waals surface area (Å²) < 4.78 is 10.6. The molecule has 0 spiro atoms. The number of amidine groups is 1. The van der Waals surface area contributed by atoms with E-state index in [4.69, 9.17) is 9.47 Å². The Bertz CT molecular complexity index is 522. The minimum Gasteiger partial charge on any atom is -0.497 e. The highest BCUT2D eigenvalue weighted by molar-refractivity contribution is 6.04. The standard InChI is InChI=1S/C17H24N2O3/c1-3-22-17(18-14-9-5-4-6-10-14)19-16(20)13-8-7-11-15(12-13)21-2/h7-8,11-12,14H,3-6,9-10H2,1-2H3,(H,18,19,20). The van der Waals surface area contributed by atoms with Gasteiger partial charge >= 0.3 is 0 Å². The second-order valence-corrected chi connectivity index (χ2v) is 5.35. The first-order valence-corrected chi connectivity index (χ1v) is 7.89. The lowest BCUT2D eigenvalue weighted by atomic mass is 9.96. The molecular weight excluding hydrogens is 280 g/mol. The molecule has 1 saturated carbocycles. The van der Waals surface area contributed by atoms with Crippen LogP contribution < -0.4 is 10.1 Å². The van der Waals surface area contributed by atoms with Gasteiger partial charge in [0, 0.05) is 5.56 Å². The summed E-state index contributed by atoms with van der Waals surface area (Å²) >= 11 is 0. The number of carbonyl (C=O) groups excluding carboxylic acids is 1. The Hall–Kier alpha value is -2.04. The van der Waals surface area contributed by atoms with Crippen LogP contribution in [0.3, 0.4) is 0 Å². The molecule has 0 aliphatic heterocycles. The largest absolute Gasteiger partial charge is 0.497 e. The van der Waals surface area contributed by atoms with Gasteiger partial charge in [-0.1, -0.05) is 25.3 Å². The van der Waals surface area contributed by atoms with E-state index in [1.165, 1.54) is 19.3 Å². The molecule has 1 aromatic rings. The minimum atomic E-state index is -0.234. The highest BCUT2D eigenvalue weighted by Gasteiger charge is 2.16. The molecule has 0 bridgehead atoms. The molecular formula is C17H24N2O3. The lowest BCUT2D eigenvalue weighted by Gasteiger charge is -2.19. The molecule has 5 nitrogen and oxygen atoms in total. The summed E-state index contributed by atoms with van der Waals surface area (Å²) in [6, 6.07) is 7.59. The molecule has 1 aliphatic carbocycles. The summed E-state index contributed by atoms with van der Waals surface area (Å²) in [7, 11) is 1.58. The van der Waals surface area contributed by atoms with Crippen molar-refractivity contribution in [1.29, 1.82) is 0 Å². The number of carbonyl (C=O) groups is 1. The van der Waals surface area contributed by atoms with Crippen molar-refractivity contribution in [1.82, 2.24) is 5.32 Å². The predicted octanol–water partition coefficient (Wildman–Crippen LogP) is 3.15. The van der Waals surface area contributed by atoms with Crippen LogP contribution in [0.1, 0.15) is 49.4 Å². The van der Waals surface area contributed by atoms with E-state index in [0.29, 0.717) is 23.9 Å². The lowest BCUT2D eigenvalue weighted by molar-refractivity contribution is 0.0965. The SMILES string of the molecule is CCOC(=NC1CCCCC1)NC(=O)c1cccc(OC)c1. The molecule has 0 radical (unpaired) electrons. The molecule has 0 atom stereocenters. The number of nitrogens with one attached hydrogen (secondary N) is 1. The van der Waals surface area contributed by atoms with Gasteiger partial charge in [0.1, 0.15) is 5.75 Å². The second-order valence-electron chi connectivity index (χ2n) is 5.35. The van der Waals surface area contributed by atoms with E-state index in [9.17, 15) is 4.79 Å². The topological polar surface area (TPSA) is 59.9 Å². The Morgan fingerprint density at radius 2 is 2.09 bits per heavy atom. The summed E-state index contributed by atoms with van der Waals surface area (Å²) in [6.45, 7) is 2.36. The van der Waals surface area contributed by atoms with Crippen LogP contribution in [0.25, 0.3) is 0 Å². The van der Waals surface area contributed by atoms with Crippen molar-refractivity contribution in [2.45, 2.75) is 45.1 Å². The Balaban J connectivity index is 2.05. The smallest absolute Gasteiger partial charge is 0.291 e. The van der Waals surface area contributed by atoms with Crippen molar-refractivity contribution in [2.75, 3.05) is 13.7 Å². The van der Waals surface area contributed by atoms with Crippen molar-refractivity contribution in [3.63, 3.8) is 0 Å². The summed E-state index contributed by atoms with van der Waals surface area (Å²) in [5.41, 5.74) is 0.524. The van der Waals surface area contributed by atoms with Gasteiger partial charge in [-0.15, -0.1) is 0 Å². The average Bonchev–Trinajstić information content (AvgIpc) is 2.56. The first kappa shape index (κ1) is 16.3. The molecule has 0 unspecified atom stereocenters.